The van der Waals surface area contributed by atoms with Gasteiger partial charge in [-0.05, 0) is 48.2 Å². The first-order valence-corrected chi connectivity index (χ1v) is 15.0. The number of carbonyl (C=O) groups is 2. The summed E-state index contributed by atoms with van der Waals surface area (Å²) in [6.45, 7) is 3.43. The van der Waals surface area contributed by atoms with Crippen molar-refractivity contribution in [2.45, 2.75) is 54.5 Å². The first-order chi connectivity index (χ1) is 16.4. The molecule has 0 spiro atoms. The molecule has 10 heteroatoms. The molecule has 1 aliphatic rings. The van der Waals surface area contributed by atoms with Crippen LogP contribution in [0.2, 0.25) is 10.0 Å². The van der Waals surface area contributed by atoms with Crippen molar-refractivity contribution in [1.29, 1.82) is 0 Å². The molecule has 1 amide bonds. The molecule has 0 radical (unpaired) electrons. The van der Waals surface area contributed by atoms with Gasteiger partial charge in [0.2, 0.25) is 5.91 Å². The largest absolute Gasteiger partial charge is 0.481 e. The molecule has 0 bridgehead atoms. The molecule has 1 N–H and O–H groups in total. The minimum Gasteiger partial charge on any atom is -0.481 e. The quantitative estimate of drug-likeness (QED) is 0.269. The SMILES string of the molecule is CCC(CS(=O)(=O)CC)N1C(=O)[C@@](I)(CC(=O)O)C[C@H](c2cccc(Cl)c2)[C@H]1c1ccc(Cl)cc1. The Kier molecular flexibility index (Phi) is 9.16. The highest BCUT2D eigenvalue weighted by atomic mass is 127. The Morgan fingerprint density at radius 2 is 1.80 bits per heavy atom. The molecule has 1 fully saturated rings. The van der Waals surface area contributed by atoms with E-state index in [1.165, 1.54) is 0 Å². The molecule has 0 aromatic heterocycles. The van der Waals surface area contributed by atoms with Gasteiger partial charge in [-0.15, -0.1) is 0 Å². The number of likely N-dealkylation sites (tertiary alicyclic amines) is 1. The maximum Gasteiger partial charge on any atom is 0.305 e. The molecule has 1 saturated heterocycles. The van der Waals surface area contributed by atoms with Gasteiger partial charge in [0.1, 0.15) is 3.42 Å². The van der Waals surface area contributed by atoms with E-state index in [0.717, 1.165) is 11.1 Å². The topological polar surface area (TPSA) is 91.8 Å². The van der Waals surface area contributed by atoms with Crippen LogP contribution < -0.4 is 0 Å². The number of amides is 1. The zero-order valence-corrected chi connectivity index (χ0v) is 23.9. The third kappa shape index (κ3) is 6.50. The molecule has 0 saturated carbocycles. The fourth-order valence-electron chi connectivity index (χ4n) is 4.78. The lowest BCUT2D eigenvalue weighted by atomic mass is 9.74. The minimum atomic E-state index is -3.42. The molecule has 0 aliphatic carbocycles. The summed E-state index contributed by atoms with van der Waals surface area (Å²) in [4.78, 5) is 27.5. The number of halogens is 3. The number of carboxylic acid groups (broad SMARTS) is 1. The number of benzene rings is 2. The Balaban J connectivity index is 2.26. The first kappa shape index (κ1) is 28.2. The molecule has 6 nitrogen and oxygen atoms in total. The summed E-state index contributed by atoms with van der Waals surface area (Å²) >= 11 is 14.4. The summed E-state index contributed by atoms with van der Waals surface area (Å²) in [7, 11) is -3.42. The lowest BCUT2D eigenvalue weighted by Gasteiger charge is -2.51. The fourth-order valence-corrected chi connectivity index (χ4v) is 7.40. The van der Waals surface area contributed by atoms with Crippen molar-refractivity contribution in [2.24, 2.45) is 0 Å². The van der Waals surface area contributed by atoms with Crippen molar-refractivity contribution in [1.82, 2.24) is 4.90 Å². The Morgan fingerprint density at radius 1 is 1.14 bits per heavy atom. The van der Waals surface area contributed by atoms with Crippen molar-refractivity contribution in [3.63, 3.8) is 0 Å². The standard InChI is InChI=1S/C25H28Cl2INO5S/c1-3-20(15-35(33,34)4-2)29-23(16-8-10-18(26)11-9-16)21(17-6-5-7-19(27)12-17)13-25(28,24(29)32)14-22(30)31/h5-12,20-21,23H,3-4,13-15H2,1-2H3,(H,30,31)/t20?,21-,23-,25+/m1/s1. The molecular weight excluding hydrogens is 624 g/mol. The van der Waals surface area contributed by atoms with Crippen molar-refractivity contribution < 1.29 is 23.1 Å². The Morgan fingerprint density at radius 3 is 2.34 bits per heavy atom. The number of nitrogens with zero attached hydrogens (tertiary/aromatic N) is 1. The van der Waals surface area contributed by atoms with Gasteiger partial charge in [-0.2, -0.15) is 0 Å². The van der Waals surface area contributed by atoms with Gasteiger partial charge < -0.3 is 10.0 Å². The average molecular weight is 652 g/mol. The van der Waals surface area contributed by atoms with E-state index in [9.17, 15) is 23.1 Å². The van der Waals surface area contributed by atoms with Crippen LogP contribution in [0, 0.1) is 0 Å². The van der Waals surface area contributed by atoms with E-state index in [-0.39, 0.29) is 36.2 Å². The van der Waals surface area contributed by atoms with Crippen LogP contribution in [0.4, 0.5) is 0 Å². The third-order valence-corrected chi connectivity index (χ3v) is 10.1. The molecular formula is C25H28Cl2INO5S. The van der Waals surface area contributed by atoms with Crippen molar-refractivity contribution in [3.05, 3.63) is 69.7 Å². The number of alkyl halides is 1. The van der Waals surface area contributed by atoms with Crippen LogP contribution in [-0.2, 0) is 19.4 Å². The van der Waals surface area contributed by atoms with Crippen LogP contribution in [0.25, 0.3) is 0 Å². The maximum atomic E-state index is 14.1. The molecule has 2 aromatic rings. The van der Waals surface area contributed by atoms with E-state index in [1.54, 1.807) is 30.0 Å². The molecule has 190 valence electrons. The molecule has 35 heavy (non-hydrogen) atoms. The Labute approximate surface area is 230 Å². The molecule has 1 aliphatic heterocycles. The van der Waals surface area contributed by atoms with Gasteiger partial charge in [0, 0.05) is 27.8 Å². The summed E-state index contributed by atoms with van der Waals surface area (Å²) in [5, 5.41) is 10.7. The van der Waals surface area contributed by atoms with E-state index in [1.807, 2.05) is 59.8 Å². The number of piperidine rings is 1. The Bertz CT molecular complexity index is 1190. The third-order valence-electron chi connectivity index (χ3n) is 6.51. The Hall–Kier alpha value is -1.36. The second-order valence-corrected chi connectivity index (χ2v) is 14.2. The van der Waals surface area contributed by atoms with E-state index < -0.39 is 31.3 Å². The lowest BCUT2D eigenvalue weighted by Crippen LogP contribution is -2.59. The zero-order chi connectivity index (χ0) is 26.0. The first-order valence-electron chi connectivity index (χ1n) is 11.4. The molecule has 4 atom stereocenters. The fraction of sp³-hybridized carbons (Fsp3) is 0.440. The van der Waals surface area contributed by atoms with E-state index in [4.69, 9.17) is 23.2 Å². The molecule has 2 aromatic carbocycles. The summed E-state index contributed by atoms with van der Waals surface area (Å²) in [5.41, 5.74) is 1.66. The van der Waals surface area contributed by atoms with Crippen molar-refractivity contribution >= 4 is 67.5 Å². The molecule has 1 heterocycles. The average Bonchev–Trinajstić information content (AvgIpc) is 2.79. The number of carboxylic acids is 1. The van der Waals surface area contributed by atoms with Crippen molar-refractivity contribution in [3.8, 4) is 0 Å². The number of sulfone groups is 1. The summed E-state index contributed by atoms with van der Waals surface area (Å²) in [6, 6.07) is 13.3. The van der Waals surface area contributed by atoms with Gasteiger partial charge in [-0.3, -0.25) is 9.59 Å². The van der Waals surface area contributed by atoms with Gasteiger partial charge in [0.15, 0.2) is 9.84 Å². The summed E-state index contributed by atoms with van der Waals surface area (Å²) < 4.78 is 24.1. The van der Waals surface area contributed by atoms with Gasteiger partial charge >= 0.3 is 5.97 Å². The van der Waals surface area contributed by atoms with E-state index in [0.29, 0.717) is 16.5 Å². The minimum absolute atomic E-state index is 0.0423. The second kappa shape index (κ2) is 11.4. The maximum absolute atomic E-state index is 14.1. The van der Waals surface area contributed by atoms with Gasteiger partial charge in [0.25, 0.3) is 0 Å². The van der Waals surface area contributed by atoms with Gasteiger partial charge in [-0.25, -0.2) is 8.42 Å². The lowest BCUT2D eigenvalue weighted by molar-refractivity contribution is -0.148. The van der Waals surface area contributed by atoms with Crippen LogP contribution in [-0.4, -0.2) is 51.3 Å². The van der Waals surface area contributed by atoms with E-state index in [2.05, 4.69) is 0 Å². The molecule has 3 rings (SSSR count). The number of hydrogen-bond donors (Lipinski definition) is 1. The van der Waals surface area contributed by atoms with Crippen molar-refractivity contribution in [2.75, 3.05) is 11.5 Å². The zero-order valence-electron chi connectivity index (χ0n) is 19.5. The highest BCUT2D eigenvalue weighted by Gasteiger charge is 2.53. The highest BCUT2D eigenvalue weighted by Crippen LogP contribution is 2.52. The van der Waals surface area contributed by atoms with Crippen LogP contribution >= 0.6 is 45.8 Å². The highest BCUT2D eigenvalue weighted by molar-refractivity contribution is 14.1. The number of carbonyl (C=O) groups excluding carboxylic acids is 1. The summed E-state index contributed by atoms with van der Waals surface area (Å²) in [6.07, 6.45) is 0.293. The number of hydrogen-bond acceptors (Lipinski definition) is 4. The van der Waals surface area contributed by atoms with Crippen LogP contribution in [0.3, 0.4) is 0 Å². The van der Waals surface area contributed by atoms with Crippen LogP contribution in [0.1, 0.15) is 56.2 Å². The molecule has 1 unspecified atom stereocenters. The van der Waals surface area contributed by atoms with Crippen LogP contribution in [0.15, 0.2) is 48.5 Å². The predicted molar refractivity (Wildman–Crippen MR) is 147 cm³/mol. The summed E-state index contributed by atoms with van der Waals surface area (Å²) in [5.74, 6) is -2.01. The second-order valence-electron chi connectivity index (χ2n) is 8.87. The van der Waals surface area contributed by atoms with Gasteiger partial charge in [-0.1, -0.05) is 83.9 Å². The predicted octanol–water partition coefficient (Wildman–Crippen LogP) is 5.91. The smallest absolute Gasteiger partial charge is 0.305 e. The number of aliphatic carboxylic acids is 1. The number of rotatable bonds is 9. The normalized spacial score (nSPS) is 23.8. The monoisotopic (exact) mass is 651 g/mol. The van der Waals surface area contributed by atoms with Crippen LogP contribution in [0.5, 0.6) is 0 Å². The van der Waals surface area contributed by atoms with Gasteiger partial charge in [0.05, 0.1) is 18.2 Å². The van der Waals surface area contributed by atoms with E-state index >= 15 is 0 Å².